The molecule has 0 aliphatic carbocycles. The number of hydrogen-bond donors (Lipinski definition) is 1. The third-order valence-electron chi connectivity index (χ3n) is 3.23. The van der Waals surface area contributed by atoms with Crippen molar-refractivity contribution in [3.05, 3.63) is 18.0 Å². The highest BCUT2D eigenvalue weighted by Crippen LogP contribution is 2.21. The van der Waals surface area contributed by atoms with Crippen LogP contribution in [0.3, 0.4) is 0 Å². The lowest BCUT2D eigenvalue weighted by Gasteiger charge is -2.28. The lowest BCUT2D eigenvalue weighted by Crippen LogP contribution is -2.53. The number of esters is 1. The van der Waals surface area contributed by atoms with Crippen molar-refractivity contribution in [2.75, 3.05) is 6.61 Å². The van der Waals surface area contributed by atoms with Gasteiger partial charge in [0.1, 0.15) is 16.1 Å². The first kappa shape index (κ1) is 18.8. The molecular weight excluding hydrogens is 329 g/mol. The van der Waals surface area contributed by atoms with Gasteiger partial charge in [-0.05, 0) is 39.7 Å². The molecule has 1 unspecified atom stereocenters. The minimum Gasteiger partial charge on any atom is -0.464 e. The summed E-state index contributed by atoms with van der Waals surface area (Å²) in [4.78, 5) is 24.0. The van der Waals surface area contributed by atoms with E-state index >= 15 is 0 Å². The number of ether oxygens (including phenoxy) is 1. The molecule has 0 saturated carbocycles. The van der Waals surface area contributed by atoms with Gasteiger partial charge in [-0.15, -0.1) is 23.2 Å². The molecule has 1 N–H and O–H groups in total. The van der Waals surface area contributed by atoms with Crippen LogP contribution < -0.4 is 5.32 Å². The van der Waals surface area contributed by atoms with Gasteiger partial charge in [-0.25, -0.2) is 4.79 Å². The van der Waals surface area contributed by atoms with Gasteiger partial charge in [-0.3, -0.25) is 9.48 Å². The number of nitrogens with zero attached hydrogens (tertiary/aromatic N) is 2. The Hall–Kier alpha value is -1.27. The Kier molecular flexibility index (Phi) is 7.16. The second-order valence-corrected chi connectivity index (χ2v) is 6.25. The maximum atomic E-state index is 12.4. The SMILES string of the molecule is CCOC(=O)C(C)(CCC(Cl)Cl)NC(=O)c1ccnn1CC. The normalized spacial score (nSPS) is 13.7. The third-order valence-corrected chi connectivity index (χ3v) is 3.66. The average molecular weight is 350 g/mol. The van der Waals surface area contributed by atoms with Gasteiger partial charge < -0.3 is 10.1 Å². The summed E-state index contributed by atoms with van der Waals surface area (Å²) in [5.74, 6) is -0.907. The fourth-order valence-corrected chi connectivity index (χ4v) is 2.21. The maximum Gasteiger partial charge on any atom is 0.331 e. The maximum absolute atomic E-state index is 12.4. The molecule has 1 heterocycles. The van der Waals surface area contributed by atoms with Gasteiger partial charge in [0.15, 0.2) is 0 Å². The smallest absolute Gasteiger partial charge is 0.331 e. The first-order valence-corrected chi connectivity index (χ1v) is 8.01. The Morgan fingerprint density at radius 3 is 2.68 bits per heavy atom. The second-order valence-electron chi connectivity index (χ2n) is 4.97. The van der Waals surface area contributed by atoms with E-state index in [1.54, 1.807) is 24.6 Å². The summed E-state index contributed by atoms with van der Waals surface area (Å²) in [6, 6.07) is 1.59. The topological polar surface area (TPSA) is 73.2 Å². The quantitative estimate of drug-likeness (QED) is 0.578. The summed E-state index contributed by atoms with van der Waals surface area (Å²) >= 11 is 11.5. The van der Waals surface area contributed by atoms with E-state index < -0.39 is 22.3 Å². The molecule has 1 aromatic heterocycles. The lowest BCUT2D eigenvalue weighted by molar-refractivity contribution is -0.150. The molecule has 8 heteroatoms. The zero-order valence-corrected chi connectivity index (χ0v) is 14.4. The monoisotopic (exact) mass is 349 g/mol. The lowest BCUT2D eigenvalue weighted by atomic mass is 9.96. The number of aromatic nitrogens is 2. The number of amides is 1. The standard InChI is InChI=1S/C14H21Cl2N3O3/c1-4-19-10(7-9-17-19)12(20)18-14(3,8-6-11(15)16)13(21)22-5-2/h7,9,11H,4-6,8H2,1-3H3,(H,18,20). The van der Waals surface area contributed by atoms with Gasteiger partial charge in [0.25, 0.3) is 5.91 Å². The number of alkyl halides is 2. The van der Waals surface area contributed by atoms with E-state index in [1.165, 1.54) is 6.20 Å². The Morgan fingerprint density at radius 1 is 1.45 bits per heavy atom. The van der Waals surface area contributed by atoms with Crippen LogP contribution in [0.15, 0.2) is 12.3 Å². The number of rotatable bonds is 8. The number of hydrogen-bond acceptors (Lipinski definition) is 4. The second kappa shape index (κ2) is 8.39. The molecule has 0 bridgehead atoms. The van der Waals surface area contributed by atoms with Gasteiger partial charge in [0.2, 0.25) is 0 Å². The van der Waals surface area contributed by atoms with E-state index in [1.807, 2.05) is 6.92 Å². The summed E-state index contributed by atoms with van der Waals surface area (Å²) in [5.41, 5.74) is -0.816. The first-order valence-electron chi connectivity index (χ1n) is 7.13. The van der Waals surface area contributed by atoms with E-state index in [0.29, 0.717) is 18.7 Å². The van der Waals surface area contributed by atoms with Crippen LogP contribution in [0.4, 0.5) is 0 Å². The molecule has 0 spiro atoms. The fourth-order valence-electron chi connectivity index (χ4n) is 2.00. The van der Waals surface area contributed by atoms with Crippen molar-refractivity contribution < 1.29 is 14.3 Å². The summed E-state index contributed by atoms with van der Waals surface area (Å²) in [6.07, 6.45) is 2.16. The van der Waals surface area contributed by atoms with Crippen LogP contribution in [-0.4, -0.2) is 38.6 Å². The van der Waals surface area contributed by atoms with Crippen LogP contribution in [0.1, 0.15) is 44.1 Å². The van der Waals surface area contributed by atoms with Crippen LogP contribution in [0.2, 0.25) is 0 Å². The number of halogens is 2. The summed E-state index contributed by atoms with van der Waals surface area (Å²) in [7, 11) is 0. The molecule has 1 rings (SSSR count). The predicted molar refractivity (Wildman–Crippen MR) is 85.1 cm³/mol. The summed E-state index contributed by atoms with van der Waals surface area (Å²) in [5, 5.41) is 6.76. The first-order chi connectivity index (χ1) is 10.3. The van der Waals surface area contributed by atoms with Gasteiger partial charge in [0, 0.05) is 12.7 Å². The van der Waals surface area contributed by atoms with Crippen molar-refractivity contribution in [2.24, 2.45) is 0 Å². The van der Waals surface area contributed by atoms with Crippen LogP contribution in [-0.2, 0) is 16.1 Å². The molecule has 1 amide bonds. The van der Waals surface area contributed by atoms with Crippen molar-refractivity contribution in [1.29, 1.82) is 0 Å². The molecule has 0 aromatic carbocycles. The minimum absolute atomic E-state index is 0.225. The Balaban J connectivity index is 2.92. The largest absolute Gasteiger partial charge is 0.464 e. The molecule has 0 fully saturated rings. The predicted octanol–water partition coefficient (Wildman–Crippen LogP) is 2.54. The fraction of sp³-hybridized carbons (Fsp3) is 0.643. The van der Waals surface area contributed by atoms with Crippen LogP contribution in [0, 0.1) is 0 Å². The van der Waals surface area contributed by atoms with Gasteiger partial charge in [-0.1, -0.05) is 0 Å². The Labute approximate surface area is 140 Å². The van der Waals surface area contributed by atoms with Gasteiger partial charge in [0.05, 0.1) is 6.61 Å². The number of aryl methyl sites for hydroxylation is 1. The average Bonchev–Trinajstić information content (AvgIpc) is 2.94. The van der Waals surface area contributed by atoms with Crippen LogP contribution in [0.5, 0.6) is 0 Å². The molecule has 6 nitrogen and oxygen atoms in total. The van der Waals surface area contributed by atoms with Gasteiger partial charge in [-0.2, -0.15) is 5.10 Å². The zero-order chi connectivity index (χ0) is 16.8. The van der Waals surface area contributed by atoms with E-state index in [2.05, 4.69) is 10.4 Å². The highest BCUT2D eigenvalue weighted by Gasteiger charge is 2.37. The highest BCUT2D eigenvalue weighted by molar-refractivity contribution is 6.44. The summed E-state index contributed by atoms with van der Waals surface area (Å²) in [6.45, 7) is 5.96. The molecule has 22 heavy (non-hydrogen) atoms. The van der Waals surface area contributed by atoms with Crippen LogP contribution >= 0.6 is 23.2 Å². The van der Waals surface area contributed by atoms with Crippen LogP contribution in [0.25, 0.3) is 0 Å². The number of nitrogens with one attached hydrogen (secondary N) is 1. The van der Waals surface area contributed by atoms with Gasteiger partial charge >= 0.3 is 5.97 Å². The molecule has 0 aliphatic rings. The molecule has 1 aromatic rings. The molecule has 1 atom stereocenters. The molecule has 0 saturated heterocycles. The Morgan fingerprint density at radius 2 is 2.14 bits per heavy atom. The van der Waals surface area contributed by atoms with Crippen molar-refractivity contribution in [2.45, 2.75) is 50.5 Å². The van der Waals surface area contributed by atoms with E-state index in [4.69, 9.17) is 27.9 Å². The van der Waals surface area contributed by atoms with E-state index in [0.717, 1.165) is 0 Å². The summed E-state index contributed by atoms with van der Waals surface area (Å²) < 4.78 is 6.60. The number of carbonyl (C=O) groups is 2. The van der Waals surface area contributed by atoms with E-state index in [9.17, 15) is 9.59 Å². The van der Waals surface area contributed by atoms with Crippen molar-refractivity contribution >= 4 is 35.1 Å². The minimum atomic E-state index is -1.20. The zero-order valence-electron chi connectivity index (χ0n) is 12.9. The van der Waals surface area contributed by atoms with Crippen molar-refractivity contribution in [3.8, 4) is 0 Å². The highest BCUT2D eigenvalue weighted by atomic mass is 35.5. The molecule has 0 radical (unpaired) electrons. The number of carbonyl (C=O) groups excluding carboxylic acids is 2. The molecule has 124 valence electrons. The molecular formula is C14H21Cl2N3O3. The third kappa shape index (κ3) is 4.88. The van der Waals surface area contributed by atoms with Crippen molar-refractivity contribution in [1.82, 2.24) is 15.1 Å². The Bertz CT molecular complexity index is 519. The molecule has 0 aliphatic heterocycles. The van der Waals surface area contributed by atoms with E-state index in [-0.39, 0.29) is 13.0 Å². The van der Waals surface area contributed by atoms with Crippen molar-refractivity contribution in [3.63, 3.8) is 0 Å².